The van der Waals surface area contributed by atoms with Gasteiger partial charge in [-0.2, -0.15) is 0 Å². The molecule has 0 spiro atoms. The summed E-state index contributed by atoms with van der Waals surface area (Å²) in [7, 11) is 0. The molecule has 0 aliphatic rings. The Hall–Kier alpha value is -11.5. The molecule has 0 amide bonds. The van der Waals surface area contributed by atoms with Crippen molar-refractivity contribution in [3.05, 3.63) is 293 Å². The summed E-state index contributed by atoms with van der Waals surface area (Å²) >= 11 is 3.56. The molecule has 8 aromatic carbocycles. The van der Waals surface area contributed by atoms with Gasteiger partial charge in [-0.1, -0.05) is 149 Å². The highest BCUT2D eigenvalue weighted by Crippen LogP contribution is 2.42. The van der Waals surface area contributed by atoms with Crippen LogP contribution in [0.15, 0.2) is 265 Å². The molecule has 0 saturated heterocycles. The molecule has 18 aromatic rings. The molecule has 0 bridgehead atoms. The molecule has 97 heavy (non-hydrogen) atoms. The molecule has 476 valence electrons. The Morgan fingerprint density at radius 3 is 1.55 bits per heavy atom. The minimum atomic E-state index is -0.00492. The number of benzene rings is 8. The summed E-state index contributed by atoms with van der Waals surface area (Å²) in [5.41, 5.74) is 19.8. The van der Waals surface area contributed by atoms with Crippen molar-refractivity contribution >= 4 is 114 Å². The van der Waals surface area contributed by atoms with Crippen molar-refractivity contribution in [3.8, 4) is 45.6 Å². The molecular formula is C84H71BrN10O2. The fraction of sp³-hybridized carbons (Fsp3) is 0.119. The number of nitrogens with one attached hydrogen (secondary N) is 1. The van der Waals surface area contributed by atoms with Gasteiger partial charge in [0, 0.05) is 89.5 Å². The number of fused-ring (bicyclic) bond motifs is 18. The molecule has 0 fully saturated rings. The highest BCUT2D eigenvalue weighted by atomic mass is 79.9. The Labute approximate surface area is 569 Å². The first kappa shape index (κ1) is 62.9. The number of nitrogens with zero attached hydrogens (tertiary/aromatic N) is 9. The molecule has 13 heteroatoms. The summed E-state index contributed by atoms with van der Waals surface area (Å²) in [6.07, 6.45) is 11.4. The Morgan fingerprint density at radius 2 is 0.918 bits per heavy atom. The van der Waals surface area contributed by atoms with E-state index in [4.69, 9.17) is 19.7 Å². The molecule has 1 N–H and O–H groups in total. The highest BCUT2D eigenvalue weighted by molar-refractivity contribution is 9.10. The van der Waals surface area contributed by atoms with Gasteiger partial charge in [-0.3, -0.25) is 27.7 Å². The van der Waals surface area contributed by atoms with Crippen LogP contribution in [0.2, 0.25) is 0 Å². The Bertz CT molecular complexity index is 6050. The van der Waals surface area contributed by atoms with Crippen LogP contribution in [0.4, 0.5) is 0 Å². The molecule has 0 aliphatic carbocycles. The van der Waals surface area contributed by atoms with Crippen LogP contribution in [-0.2, 0) is 0 Å². The number of H-pyrrole nitrogens is 1. The number of pyridine rings is 6. The summed E-state index contributed by atoms with van der Waals surface area (Å²) in [4.78, 5) is 39.4. The lowest BCUT2D eigenvalue weighted by atomic mass is 9.87. The van der Waals surface area contributed by atoms with E-state index in [1.165, 1.54) is 60.6 Å². The van der Waals surface area contributed by atoms with Crippen LogP contribution in [0.5, 0.6) is 11.5 Å². The monoisotopic (exact) mass is 1330 g/mol. The van der Waals surface area contributed by atoms with E-state index in [-0.39, 0.29) is 20.3 Å². The Kier molecular flexibility index (Phi) is 16.6. The van der Waals surface area contributed by atoms with Crippen LogP contribution in [0.3, 0.4) is 0 Å². The van der Waals surface area contributed by atoms with E-state index in [0.29, 0.717) is 11.8 Å². The van der Waals surface area contributed by atoms with Crippen molar-refractivity contribution in [1.29, 1.82) is 0 Å². The predicted molar refractivity (Wildman–Crippen MR) is 406 cm³/mol. The van der Waals surface area contributed by atoms with Crippen molar-refractivity contribution in [2.45, 2.75) is 68.2 Å². The average molecular weight is 1330 g/mol. The number of para-hydroxylation sites is 2. The number of aromatic nitrogens is 10. The second-order valence-corrected chi connectivity index (χ2v) is 25.6. The Balaban J connectivity index is 0.000000134. The molecule has 0 atom stereocenters. The van der Waals surface area contributed by atoms with Gasteiger partial charge in [0.05, 0.1) is 67.9 Å². The van der Waals surface area contributed by atoms with Crippen molar-refractivity contribution in [1.82, 2.24) is 47.8 Å². The van der Waals surface area contributed by atoms with Gasteiger partial charge < -0.3 is 9.72 Å². The van der Waals surface area contributed by atoms with Gasteiger partial charge >= 0.3 is 0 Å². The van der Waals surface area contributed by atoms with E-state index in [2.05, 4.69) is 230 Å². The van der Waals surface area contributed by atoms with Gasteiger partial charge in [-0.15, -0.1) is 0 Å². The number of hydrogen-bond donors (Lipinski definition) is 1. The zero-order valence-electron chi connectivity index (χ0n) is 53.1. The quantitative estimate of drug-likeness (QED) is 0.150. The molecule has 10 aromatic heterocycles. The lowest BCUT2D eigenvalue weighted by Gasteiger charge is -2.20. The molecule has 0 aliphatic heterocycles. The summed E-state index contributed by atoms with van der Waals surface area (Å²) in [6.45, 7) is 13.2. The lowest BCUT2D eigenvalue weighted by Crippen LogP contribution is -2.03. The number of imidazole rings is 2. The van der Waals surface area contributed by atoms with Gasteiger partial charge in [0.15, 0.2) is 5.43 Å². The number of halogens is 1. The second kappa shape index (κ2) is 25.6. The van der Waals surface area contributed by atoms with Crippen LogP contribution < -0.4 is 10.2 Å². The van der Waals surface area contributed by atoms with E-state index >= 15 is 0 Å². The van der Waals surface area contributed by atoms with Crippen molar-refractivity contribution in [2.24, 2.45) is 0 Å². The second-order valence-electron chi connectivity index (χ2n) is 24.7. The molecule has 12 nitrogen and oxygen atoms in total. The average Bonchev–Trinajstić information content (AvgIpc) is 1.71. The zero-order chi connectivity index (χ0) is 64.6. The maximum Gasteiger partial charge on any atom is 0.179 e. The first-order valence-electron chi connectivity index (χ1n) is 32.0. The standard InChI is InChI=1S/C39H27N5O.C26H25N3O.C17H11BrN2.2CH4/c1-24-9-7-10-25(2)37(24)35-23-42-39-31-21-26(16-18-30(31)38-33(44(35)39)13-8-20-41-38)45-27-15-17-29-28-11-3-4-12-32(28)43(34(29)22-27)36-14-5-6-19-40-36;1-15(2)18-7-5-8-19(16(3)4)24(18)23-14-28-26-21-13-17(30)10-11-20(21)25-22(29(23)26)9-6-12-27-25;18-12-8-9-14-13-5-1-2-6-15(13)20(16(14)11-12)17-7-3-4-10-19-17;;/h3-23H,1-2H3;5-16,27H,1-4H3;1-11H;2*1H4. The van der Waals surface area contributed by atoms with E-state index < -0.39 is 0 Å². The van der Waals surface area contributed by atoms with Crippen LogP contribution in [0.25, 0.3) is 133 Å². The van der Waals surface area contributed by atoms with Crippen LogP contribution in [0.1, 0.15) is 76.6 Å². The van der Waals surface area contributed by atoms with Gasteiger partial charge in [0.25, 0.3) is 0 Å². The van der Waals surface area contributed by atoms with Gasteiger partial charge in [0.2, 0.25) is 0 Å². The third kappa shape index (κ3) is 10.8. The van der Waals surface area contributed by atoms with Crippen LogP contribution in [0, 0.1) is 13.8 Å². The smallest absolute Gasteiger partial charge is 0.179 e. The molecule has 10 heterocycles. The van der Waals surface area contributed by atoms with E-state index in [0.717, 1.165) is 110 Å². The van der Waals surface area contributed by atoms with Crippen molar-refractivity contribution in [2.75, 3.05) is 0 Å². The first-order chi connectivity index (χ1) is 46.5. The van der Waals surface area contributed by atoms with Gasteiger partial charge in [-0.05, 0) is 169 Å². The summed E-state index contributed by atoms with van der Waals surface area (Å²) in [6, 6.07) is 74.1. The van der Waals surface area contributed by atoms with Gasteiger partial charge in [0.1, 0.15) is 34.4 Å². The Morgan fingerprint density at radius 1 is 0.412 bits per heavy atom. The molecule has 18 rings (SSSR count). The third-order valence-corrected chi connectivity index (χ3v) is 18.7. The molecule has 0 unspecified atom stereocenters. The van der Waals surface area contributed by atoms with E-state index in [9.17, 15) is 4.79 Å². The minimum absolute atomic E-state index is 0. The molecule has 0 radical (unpaired) electrons. The van der Waals surface area contributed by atoms with Crippen molar-refractivity contribution < 1.29 is 4.74 Å². The first-order valence-corrected chi connectivity index (χ1v) is 32.8. The fourth-order valence-electron chi connectivity index (χ4n) is 14.1. The largest absolute Gasteiger partial charge is 0.457 e. The summed E-state index contributed by atoms with van der Waals surface area (Å²) in [5, 5.41) is 8.73. The third-order valence-electron chi connectivity index (χ3n) is 18.3. The van der Waals surface area contributed by atoms with Gasteiger partial charge in [-0.25, -0.2) is 19.9 Å². The number of ether oxygens (including phenoxy) is 1. The predicted octanol–water partition coefficient (Wildman–Crippen LogP) is 22.1. The highest BCUT2D eigenvalue weighted by Gasteiger charge is 2.23. The fourth-order valence-corrected chi connectivity index (χ4v) is 14.4. The molecule has 0 saturated carbocycles. The SMILES string of the molecule is Brc1ccc2c3ccccc3n(-c3ccccn3)c2c1.C.C.CC(C)c1cccc(C(C)C)c1-c1cnc2c3cc(=O)ccc3c3[nH]cccc3n12.Cc1cccc(C)c1-c1cnc2c3cc(Oc4ccc5c6ccccc6n(-c6ccccn6)c5c4)ccc3c3ncccc3n12. The molecular weight excluding hydrogens is 1260 g/mol. The normalized spacial score (nSPS) is 11.5. The maximum atomic E-state index is 12.2. The number of rotatable bonds is 8. The lowest BCUT2D eigenvalue weighted by molar-refractivity contribution is 0.484. The van der Waals surface area contributed by atoms with E-state index in [1.54, 1.807) is 12.1 Å². The summed E-state index contributed by atoms with van der Waals surface area (Å²) < 4.78 is 16.5. The number of aromatic amines is 1. The van der Waals surface area contributed by atoms with Crippen LogP contribution >= 0.6 is 15.9 Å². The zero-order valence-corrected chi connectivity index (χ0v) is 54.7. The summed E-state index contributed by atoms with van der Waals surface area (Å²) in [5.74, 6) is 4.06. The number of hydrogen-bond acceptors (Lipinski definition) is 7. The number of aryl methyl sites for hydroxylation is 2. The van der Waals surface area contributed by atoms with E-state index in [1.807, 2.05) is 104 Å². The van der Waals surface area contributed by atoms with Crippen LogP contribution in [-0.4, -0.2) is 47.8 Å². The van der Waals surface area contributed by atoms with Crippen molar-refractivity contribution in [3.63, 3.8) is 0 Å². The topological polar surface area (TPSA) is 125 Å². The maximum absolute atomic E-state index is 12.2. The minimum Gasteiger partial charge on any atom is -0.457 e.